The van der Waals surface area contributed by atoms with Crippen LogP contribution in [0.25, 0.3) is 0 Å². The number of anilines is 1. The topological polar surface area (TPSA) is 55.9 Å². The predicted octanol–water partition coefficient (Wildman–Crippen LogP) is -1.65. The van der Waals surface area contributed by atoms with Gasteiger partial charge in [-0.3, -0.25) is 4.52 Å². The van der Waals surface area contributed by atoms with Gasteiger partial charge in [0.25, 0.3) is 12.1 Å². The number of aromatic nitrogens is 2. The third kappa shape index (κ3) is 2.97. The van der Waals surface area contributed by atoms with Crippen LogP contribution in [0, 0.1) is 0 Å². The van der Waals surface area contributed by atoms with Gasteiger partial charge in [-0.05, 0) is 10.2 Å². The van der Waals surface area contributed by atoms with Crippen LogP contribution in [0.5, 0.6) is 0 Å². The monoisotopic (exact) mass is 239 g/mol. The zero-order chi connectivity index (χ0) is 10.7. The quantitative estimate of drug-likeness (QED) is 0.654. The Morgan fingerprint density at radius 2 is 2.06 bits per heavy atom. The molecule has 16 heavy (non-hydrogen) atoms. The Kier molecular flexibility index (Phi) is 4.31. The van der Waals surface area contributed by atoms with Crippen LogP contribution < -0.4 is 22.8 Å². The van der Waals surface area contributed by atoms with Crippen molar-refractivity contribution in [1.82, 2.24) is 5.27 Å². The van der Waals surface area contributed by atoms with Gasteiger partial charge in [0.2, 0.25) is 5.27 Å². The summed E-state index contributed by atoms with van der Waals surface area (Å²) in [5.74, 6) is 0.343. The molecule has 5 heteroatoms. The van der Waals surface area contributed by atoms with E-state index in [4.69, 9.17) is 10.3 Å². The molecule has 0 aliphatic carbocycles. The van der Waals surface area contributed by atoms with Crippen LogP contribution in [-0.4, -0.2) is 5.27 Å². The van der Waals surface area contributed by atoms with Gasteiger partial charge in [-0.15, -0.1) is 0 Å². The van der Waals surface area contributed by atoms with Crippen LogP contribution in [0.3, 0.4) is 0 Å². The van der Waals surface area contributed by atoms with E-state index in [1.54, 1.807) is 10.9 Å². The van der Waals surface area contributed by atoms with Crippen molar-refractivity contribution in [3.63, 3.8) is 0 Å². The summed E-state index contributed by atoms with van der Waals surface area (Å²) < 4.78 is 6.55. The highest BCUT2D eigenvalue weighted by Crippen LogP contribution is 2.08. The predicted molar refractivity (Wildman–Crippen MR) is 56.0 cm³/mol. The van der Waals surface area contributed by atoms with E-state index < -0.39 is 0 Å². The fraction of sp³-hybridized carbons (Fsp3) is 0.273. The smallest absolute Gasteiger partial charge is 0.293 e. The normalized spacial score (nSPS) is 11.8. The molecule has 2 N–H and O–H groups in total. The molecule has 1 aromatic heterocycles. The number of nitrogens with two attached hydrogens (primary N) is 1. The van der Waals surface area contributed by atoms with E-state index in [2.05, 4.69) is 24.3 Å². The highest BCUT2D eigenvalue weighted by atomic mass is 35.5. The minimum absolute atomic E-state index is 0. The van der Waals surface area contributed by atoms with E-state index in [0.29, 0.717) is 5.88 Å². The second-order valence-corrected chi connectivity index (χ2v) is 3.62. The molecule has 0 aliphatic heterocycles. The summed E-state index contributed by atoms with van der Waals surface area (Å²) in [5.41, 5.74) is 6.74. The number of benzene rings is 1. The highest BCUT2D eigenvalue weighted by molar-refractivity contribution is 5.15. The Labute approximate surface area is 100 Å². The van der Waals surface area contributed by atoms with Crippen molar-refractivity contribution in [2.75, 3.05) is 5.73 Å². The molecular formula is C11H14ClN3O. The summed E-state index contributed by atoms with van der Waals surface area (Å²) in [6.07, 6.45) is 2.62. The maximum absolute atomic E-state index is 5.46. The van der Waals surface area contributed by atoms with E-state index in [1.807, 2.05) is 18.2 Å². The largest absolute Gasteiger partial charge is 1.00 e. The average Bonchev–Trinajstić information content (AvgIpc) is 2.66. The molecular weight excluding hydrogens is 226 g/mol. The van der Waals surface area contributed by atoms with Crippen molar-refractivity contribution in [3.05, 3.63) is 42.1 Å². The number of nitrogen functional groups attached to an aromatic ring is 1. The summed E-state index contributed by atoms with van der Waals surface area (Å²) >= 11 is 0. The molecule has 86 valence electrons. The molecule has 4 nitrogen and oxygen atoms in total. The van der Waals surface area contributed by atoms with Gasteiger partial charge < -0.3 is 18.1 Å². The number of nitrogens with zero attached hydrogens (tertiary/aromatic N) is 2. The SMILES string of the molecule is CC(Cc1ccccc1)[n+]1cc(N)on1.[Cl-]. The lowest BCUT2D eigenvalue weighted by Gasteiger charge is -2.01. The van der Waals surface area contributed by atoms with Crippen LogP contribution in [0.2, 0.25) is 0 Å². The highest BCUT2D eigenvalue weighted by Gasteiger charge is 2.18. The molecule has 0 amide bonds. The lowest BCUT2D eigenvalue weighted by Crippen LogP contribution is -3.00. The summed E-state index contributed by atoms with van der Waals surface area (Å²) in [6, 6.07) is 10.5. The number of hydrogen-bond acceptors (Lipinski definition) is 3. The Bertz CT molecular complexity index is 430. The molecule has 0 saturated carbocycles. The number of halogens is 1. The molecule has 2 rings (SSSR count). The first-order chi connectivity index (χ1) is 7.25. The van der Waals surface area contributed by atoms with Gasteiger partial charge in [-0.2, -0.15) is 0 Å². The average molecular weight is 240 g/mol. The van der Waals surface area contributed by atoms with E-state index in [1.165, 1.54) is 5.56 Å². The molecule has 0 spiro atoms. The van der Waals surface area contributed by atoms with Gasteiger partial charge in [0.15, 0.2) is 6.04 Å². The Morgan fingerprint density at radius 1 is 1.38 bits per heavy atom. The molecule has 1 heterocycles. The summed E-state index contributed by atoms with van der Waals surface area (Å²) in [4.78, 5) is 0. The summed E-state index contributed by atoms with van der Waals surface area (Å²) in [5, 5.41) is 3.83. The van der Waals surface area contributed by atoms with Crippen LogP contribution in [-0.2, 0) is 6.42 Å². The molecule has 0 fully saturated rings. The van der Waals surface area contributed by atoms with E-state index in [-0.39, 0.29) is 18.4 Å². The minimum atomic E-state index is 0. The van der Waals surface area contributed by atoms with E-state index >= 15 is 0 Å². The van der Waals surface area contributed by atoms with Crippen LogP contribution in [0.1, 0.15) is 18.5 Å². The van der Waals surface area contributed by atoms with Gasteiger partial charge in [0.1, 0.15) is 0 Å². The van der Waals surface area contributed by atoms with Crippen molar-refractivity contribution in [2.24, 2.45) is 0 Å². The Hall–Kier alpha value is -1.55. The third-order valence-corrected chi connectivity index (χ3v) is 2.33. The summed E-state index contributed by atoms with van der Waals surface area (Å²) in [7, 11) is 0. The first-order valence-corrected chi connectivity index (χ1v) is 4.93. The Morgan fingerprint density at radius 3 is 2.62 bits per heavy atom. The van der Waals surface area contributed by atoms with Crippen molar-refractivity contribution in [3.8, 4) is 0 Å². The molecule has 0 aliphatic rings. The van der Waals surface area contributed by atoms with Crippen LogP contribution >= 0.6 is 0 Å². The number of rotatable bonds is 3. The van der Waals surface area contributed by atoms with Crippen molar-refractivity contribution in [2.45, 2.75) is 19.4 Å². The lowest BCUT2D eigenvalue weighted by molar-refractivity contribution is -0.782. The second-order valence-electron chi connectivity index (χ2n) is 3.62. The molecule has 0 radical (unpaired) electrons. The van der Waals surface area contributed by atoms with Crippen molar-refractivity contribution >= 4 is 5.88 Å². The second kappa shape index (κ2) is 5.51. The van der Waals surface area contributed by atoms with Gasteiger partial charge in [0, 0.05) is 13.3 Å². The van der Waals surface area contributed by atoms with E-state index in [0.717, 1.165) is 6.42 Å². The van der Waals surface area contributed by atoms with Crippen LogP contribution in [0.15, 0.2) is 41.1 Å². The van der Waals surface area contributed by atoms with Gasteiger partial charge in [-0.1, -0.05) is 30.3 Å². The maximum Gasteiger partial charge on any atom is 0.293 e. The molecule has 0 bridgehead atoms. The lowest BCUT2D eigenvalue weighted by atomic mass is 10.1. The summed E-state index contributed by atoms with van der Waals surface area (Å²) in [6.45, 7) is 2.08. The molecule has 1 aromatic carbocycles. The molecule has 1 atom stereocenters. The Balaban J connectivity index is 0.00000128. The minimum Gasteiger partial charge on any atom is -1.00 e. The maximum atomic E-state index is 5.46. The molecule has 0 saturated heterocycles. The fourth-order valence-corrected chi connectivity index (χ4v) is 1.53. The number of hydrogen-bond donors (Lipinski definition) is 1. The first-order valence-electron chi connectivity index (χ1n) is 4.93. The van der Waals surface area contributed by atoms with Gasteiger partial charge in [0.05, 0.1) is 0 Å². The van der Waals surface area contributed by atoms with Gasteiger partial charge >= 0.3 is 0 Å². The zero-order valence-corrected chi connectivity index (χ0v) is 9.76. The van der Waals surface area contributed by atoms with Gasteiger partial charge in [-0.25, -0.2) is 0 Å². The molecule has 1 unspecified atom stereocenters. The van der Waals surface area contributed by atoms with Crippen LogP contribution in [0.4, 0.5) is 5.88 Å². The van der Waals surface area contributed by atoms with Crippen molar-refractivity contribution < 1.29 is 21.6 Å². The zero-order valence-electron chi connectivity index (χ0n) is 9.01. The molecule has 2 aromatic rings. The standard InChI is InChI=1S/C11H14N3O.ClH/c1-9(14-8-11(12)15-13-14)7-10-5-3-2-4-6-10;/h2-6,8-9H,7,12H2,1H3;1H/q+1;/p-1. The fourth-order valence-electron chi connectivity index (χ4n) is 1.53. The third-order valence-electron chi connectivity index (χ3n) is 2.33. The van der Waals surface area contributed by atoms with Crippen molar-refractivity contribution in [1.29, 1.82) is 0 Å². The first kappa shape index (κ1) is 12.5. The van der Waals surface area contributed by atoms with E-state index in [9.17, 15) is 0 Å².